The number of fused-ring (bicyclic) bond motifs is 1. The number of ether oxygens (including phenoxy) is 2. The van der Waals surface area contributed by atoms with Gasteiger partial charge >= 0.3 is 0 Å². The van der Waals surface area contributed by atoms with Gasteiger partial charge in [0.2, 0.25) is 6.79 Å². The second-order valence-electron chi connectivity index (χ2n) is 6.56. The molecule has 2 aromatic heterocycles. The number of aromatic nitrogens is 1. The van der Waals surface area contributed by atoms with Gasteiger partial charge in [-0.25, -0.2) is 13.1 Å². The third-order valence-corrected chi connectivity index (χ3v) is 7.52. The van der Waals surface area contributed by atoms with Crippen LogP contribution in [0.3, 0.4) is 0 Å². The lowest BCUT2D eigenvalue weighted by Crippen LogP contribution is -2.16. The molecule has 0 saturated heterocycles. The van der Waals surface area contributed by atoms with Crippen molar-refractivity contribution in [1.82, 2.24) is 5.16 Å². The summed E-state index contributed by atoms with van der Waals surface area (Å²) in [7, 11) is -4.10. The molecular formula is C19H17ClN2O6S2. The zero-order valence-electron chi connectivity index (χ0n) is 16.0. The van der Waals surface area contributed by atoms with Gasteiger partial charge in [-0.2, -0.15) is 0 Å². The van der Waals surface area contributed by atoms with Crippen LogP contribution in [0.15, 0.2) is 33.0 Å². The number of Topliss-reactive ketones (excluding diaryl/α,β-unsaturated/α-hetero) is 1. The molecule has 0 saturated carbocycles. The van der Waals surface area contributed by atoms with E-state index in [-0.39, 0.29) is 39.7 Å². The van der Waals surface area contributed by atoms with Gasteiger partial charge < -0.3 is 14.0 Å². The Morgan fingerprint density at radius 2 is 1.97 bits per heavy atom. The molecule has 1 N–H and O–H groups in total. The molecule has 0 aliphatic carbocycles. The van der Waals surface area contributed by atoms with Crippen molar-refractivity contribution in [1.29, 1.82) is 0 Å². The summed E-state index contributed by atoms with van der Waals surface area (Å²) in [6.07, 6.45) is 0.727. The van der Waals surface area contributed by atoms with Gasteiger partial charge in [-0.1, -0.05) is 23.7 Å². The Kier molecular flexibility index (Phi) is 5.48. The smallest absolute Gasteiger partial charge is 0.265 e. The van der Waals surface area contributed by atoms with Crippen LogP contribution in [0.2, 0.25) is 5.02 Å². The second-order valence-corrected chi connectivity index (χ2v) is 9.50. The van der Waals surface area contributed by atoms with E-state index in [4.69, 9.17) is 25.6 Å². The van der Waals surface area contributed by atoms with Crippen LogP contribution >= 0.6 is 22.9 Å². The number of nitrogens with one attached hydrogen (secondary N) is 1. The van der Waals surface area contributed by atoms with Gasteiger partial charge in [0.25, 0.3) is 15.9 Å². The highest BCUT2D eigenvalue weighted by molar-refractivity contribution is 7.93. The van der Waals surface area contributed by atoms with Crippen molar-refractivity contribution in [2.75, 3.05) is 11.5 Å². The predicted molar refractivity (Wildman–Crippen MR) is 111 cm³/mol. The average molecular weight is 469 g/mol. The molecule has 0 bridgehead atoms. The van der Waals surface area contributed by atoms with E-state index in [1.165, 1.54) is 6.07 Å². The number of sulfonamides is 1. The van der Waals surface area contributed by atoms with Crippen molar-refractivity contribution >= 4 is 44.6 Å². The molecule has 0 amide bonds. The van der Waals surface area contributed by atoms with E-state index >= 15 is 0 Å². The molecule has 30 heavy (non-hydrogen) atoms. The van der Waals surface area contributed by atoms with Crippen molar-refractivity contribution in [2.24, 2.45) is 0 Å². The normalized spacial score (nSPS) is 12.9. The minimum Gasteiger partial charge on any atom is -0.454 e. The molecule has 1 aromatic carbocycles. The van der Waals surface area contributed by atoms with E-state index in [0.29, 0.717) is 23.6 Å². The predicted octanol–water partition coefficient (Wildman–Crippen LogP) is 4.22. The number of aryl methyl sites for hydroxylation is 2. The number of carbonyl (C=O) groups excluding carboxylic acids is 1. The largest absolute Gasteiger partial charge is 0.454 e. The second kappa shape index (κ2) is 7.93. The summed E-state index contributed by atoms with van der Waals surface area (Å²) in [6, 6.07) is 5.00. The number of ketones is 1. The number of hydrogen-bond acceptors (Lipinski definition) is 8. The van der Waals surface area contributed by atoms with Crippen molar-refractivity contribution in [3.63, 3.8) is 0 Å². The average Bonchev–Trinajstić information content (AvgIpc) is 3.44. The topological polar surface area (TPSA) is 108 Å². The van der Waals surface area contributed by atoms with E-state index in [1.54, 1.807) is 18.4 Å². The summed E-state index contributed by atoms with van der Waals surface area (Å²) in [5, 5.41) is 5.24. The Hall–Kier alpha value is -2.56. The summed E-state index contributed by atoms with van der Waals surface area (Å²) in [6.45, 7) is 3.69. The molecule has 0 fully saturated rings. The Balaban J connectivity index is 1.62. The van der Waals surface area contributed by atoms with E-state index in [0.717, 1.165) is 22.5 Å². The van der Waals surface area contributed by atoms with Crippen LogP contribution in [0, 0.1) is 6.92 Å². The zero-order chi connectivity index (χ0) is 21.5. The van der Waals surface area contributed by atoms with Crippen LogP contribution < -0.4 is 14.2 Å². The van der Waals surface area contributed by atoms with Crippen LogP contribution in [-0.4, -0.2) is 26.2 Å². The van der Waals surface area contributed by atoms with Gasteiger partial charge in [-0.15, -0.1) is 11.3 Å². The first-order valence-corrected chi connectivity index (χ1v) is 11.7. The lowest BCUT2D eigenvalue weighted by molar-refractivity contribution is 0.0993. The molecular weight excluding hydrogens is 452 g/mol. The quantitative estimate of drug-likeness (QED) is 0.517. The maximum Gasteiger partial charge on any atom is 0.265 e. The third-order valence-electron chi connectivity index (χ3n) is 4.62. The van der Waals surface area contributed by atoms with Crippen LogP contribution in [0.25, 0.3) is 0 Å². The molecule has 8 nitrogen and oxygen atoms in total. The Morgan fingerprint density at radius 1 is 1.27 bits per heavy atom. The Morgan fingerprint density at radius 3 is 2.60 bits per heavy atom. The molecule has 0 unspecified atom stereocenters. The summed E-state index contributed by atoms with van der Waals surface area (Å²) in [5.41, 5.74) is 2.06. The van der Waals surface area contributed by atoms with Gasteiger partial charge in [0.05, 0.1) is 4.88 Å². The lowest BCUT2D eigenvalue weighted by atomic mass is 9.99. The van der Waals surface area contributed by atoms with Gasteiger partial charge in [0.15, 0.2) is 17.3 Å². The SMILES string of the molecule is CCc1cc2c(cc1CC(=O)c1sccc1S(=O)(=O)Nc1onc(C)c1Cl)OCO2. The fourth-order valence-electron chi connectivity index (χ4n) is 3.08. The minimum atomic E-state index is -4.10. The highest BCUT2D eigenvalue weighted by Crippen LogP contribution is 2.36. The fraction of sp³-hybridized carbons (Fsp3) is 0.263. The molecule has 4 rings (SSSR count). The van der Waals surface area contributed by atoms with Gasteiger partial charge in [-0.05, 0) is 48.1 Å². The van der Waals surface area contributed by atoms with Crippen LogP contribution in [-0.2, 0) is 22.9 Å². The molecule has 3 heterocycles. The van der Waals surface area contributed by atoms with Gasteiger partial charge in [-0.3, -0.25) is 4.79 Å². The molecule has 1 aliphatic rings. The van der Waals surface area contributed by atoms with E-state index < -0.39 is 10.0 Å². The number of carbonyl (C=O) groups is 1. The van der Waals surface area contributed by atoms with Gasteiger partial charge in [0, 0.05) is 6.42 Å². The maximum atomic E-state index is 13.0. The summed E-state index contributed by atoms with van der Waals surface area (Å²) < 4.78 is 43.6. The summed E-state index contributed by atoms with van der Waals surface area (Å²) in [5.74, 6) is 0.707. The number of rotatable bonds is 7. The molecule has 0 radical (unpaired) electrons. The summed E-state index contributed by atoms with van der Waals surface area (Å²) in [4.78, 5) is 13.0. The number of halogens is 1. The third kappa shape index (κ3) is 3.78. The number of nitrogens with zero attached hydrogens (tertiary/aromatic N) is 1. The van der Waals surface area contributed by atoms with Crippen LogP contribution in [0.1, 0.15) is 33.4 Å². The van der Waals surface area contributed by atoms with E-state index in [2.05, 4.69) is 9.88 Å². The van der Waals surface area contributed by atoms with Crippen molar-refractivity contribution in [3.8, 4) is 11.5 Å². The lowest BCUT2D eigenvalue weighted by Gasteiger charge is -2.10. The summed E-state index contributed by atoms with van der Waals surface area (Å²) >= 11 is 7.05. The highest BCUT2D eigenvalue weighted by Gasteiger charge is 2.27. The molecule has 158 valence electrons. The Bertz CT molecular complexity index is 1230. The van der Waals surface area contributed by atoms with Crippen LogP contribution in [0.4, 0.5) is 5.88 Å². The van der Waals surface area contributed by atoms with Crippen molar-refractivity contribution in [2.45, 2.75) is 31.6 Å². The zero-order valence-corrected chi connectivity index (χ0v) is 18.4. The standard InChI is InChI=1S/C19H17ClN2O6S2/c1-3-11-7-14-15(27-9-26-14)8-12(11)6-13(23)18-16(4-5-29-18)30(24,25)22-19-17(20)10(2)21-28-19/h4-5,7-8,22H,3,6,9H2,1-2H3. The molecule has 0 spiro atoms. The fourth-order valence-corrected chi connectivity index (χ4v) is 5.64. The molecule has 0 atom stereocenters. The van der Waals surface area contributed by atoms with Crippen molar-refractivity contribution in [3.05, 3.63) is 50.3 Å². The number of benzene rings is 1. The maximum absolute atomic E-state index is 13.0. The first-order valence-electron chi connectivity index (χ1n) is 8.96. The van der Waals surface area contributed by atoms with Crippen molar-refractivity contribution < 1.29 is 27.2 Å². The van der Waals surface area contributed by atoms with E-state index in [1.807, 2.05) is 13.0 Å². The first kappa shape index (κ1) is 20.7. The highest BCUT2D eigenvalue weighted by atomic mass is 35.5. The molecule has 3 aromatic rings. The molecule has 1 aliphatic heterocycles. The van der Waals surface area contributed by atoms with Gasteiger partial charge in [0.1, 0.15) is 15.6 Å². The Labute approximate surface area is 181 Å². The van der Waals surface area contributed by atoms with Crippen LogP contribution in [0.5, 0.6) is 11.5 Å². The number of thiophene rings is 1. The number of hydrogen-bond donors (Lipinski definition) is 1. The first-order chi connectivity index (χ1) is 14.3. The molecule has 11 heteroatoms. The monoisotopic (exact) mass is 468 g/mol. The van der Waals surface area contributed by atoms with E-state index in [9.17, 15) is 13.2 Å². The minimum absolute atomic E-state index is 0.0328. The number of anilines is 1.